The molecule has 0 aliphatic carbocycles. The fourth-order valence-electron chi connectivity index (χ4n) is 3.85. The molecule has 0 saturated carbocycles. The first kappa shape index (κ1) is 20.4. The van der Waals surface area contributed by atoms with Crippen molar-refractivity contribution in [1.82, 2.24) is 25.0 Å². The van der Waals surface area contributed by atoms with Crippen LogP contribution in [0.5, 0.6) is 0 Å². The van der Waals surface area contributed by atoms with Gasteiger partial charge in [-0.15, -0.1) is 10.2 Å². The number of nitrogens with zero attached hydrogens (tertiary/aromatic N) is 7. The lowest BCUT2D eigenvalue weighted by Crippen LogP contribution is -2.49. The minimum atomic E-state index is -0.510. The van der Waals surface area contributed by atoms with Crippen molar-refractivity contribution in [3.63, 3.8) is 0 Å². The lowest BCUT2D eigenvalue weighted by molar-refractivity contribution is 0.0745. The van der Waals surface area contributed by atoms with Crippen LogP contribution in [0.15, 0.2) is 30.6 Å². The van der Waals surface area contributed by atoms with Gasteiger partial charge in [-0.25, -0.2) is 4.39 Å². The molecule has 0 radical (unpaired) electrons. The number of anilines is 2. The van der Waals surface area contributed by atoms with E-state index in [0.29, 0.717) is 32.7 Å². The minimum Gasteiger partial charge on any atom is -0.395 e. The van der Waals surface area contributed by atoms with Crippen molar-refractivity contribution in [1.29, 1.82) is 0 Å². The number of hydrogen-bond donors (Lipinski definition) is 1. The Bertz CT molecular complexity index is 850. The quantitative estimate of drug-likeness (QED) is 0.735. The largest absolute Gasteiger partial charge is 0.395 e. The number of piperazine rings is 2. The van der Waals surface area contributed by atoms with Crippen molar-refractivity contribution in [2.75, 3.05) is 75.3 Å². The number of hydrogen-bond acceptors (Lipinski definition) is 8. The molecule has 2 aliphatic heterocycles. The molecule has 0 spiro atoms. The van der Waals surface area contributed by atoms with E-state index in [1.807, 2.05) is 12.1 Å². The Morgan fingerprint density at radius 3 is 2.07 bits per heavy atom. The van der Waals surface area contributed by atoms with Gasteiger partial charge in [-0.1, -0.05) is 0 Å². The number of carbonyl (C=O) groups excluding carboxylic acids is 1. The zero-order chi connectivity index (χ0) is 20.9. The molecule has 9 nitrogen and oxygen atoms in total. The van der Waals surface area contributed by atoms with Gasteiger partial charge in [-0.3, -0.25) is 14.7 Å². The molecule has 30 heavy (non-hydrogen) atoms. The highest BCUT2D eigenvalue weighted by molar-refractivity contribution is 5.94. The van der Waals surface area contributed by atoms with Gasteiger partial charge in [0.15, 0.2) is 11.6 Å². The average molecular weight is 415 g/mol. The minimum absolute atomic E-state index is 0.187. The van der Waals surface area contributed by atoms with E-state index >= 15 is 0 Å². The Hall–Kier alpha value is -2.85. The van der Waals surface area contributed by atoms with Crippen LogP contribution in [-0.4, -0.2) is 102 Å². The van der Waals surface area contributed by atoms with Crippen LogP contribution in [0.4, 0.5) is 16.0 Å². The number of β-amino-alcohol motifs (C(OH)–C–C–N with tert-alkyl or cyclic N) is 1. The maximum absolute atomic E-state index is 13.3. The van der Waals surface area contributed by atoms with Crippen LogP contribution in [0.1, 0.15) is 10.4 Å². The normalized spacial score (nSPS) is 18.0. The summed E-state index contributed by atoms with van der Waals surface area (Å²) in [6.45, 7) is 6.78. The summed E-state index contributed by atoms with van der Waals surface area (Å²) >= 11 is 0. The maximum atomic E-state index is 13.3. The maximum Gasteiger partial charge on any atom is 0.255 e. The molecule has 160 valence electrons. The van der Waals surface area contributed by atoms with Gasteiger partial charge in [0, 0.05) is 65.1 Å². The van der Waals surface area contributed by atoms with Gasteiger partial charge < -0.3 is 19.8 Å². The molecular weight excluding hydrogens is 389 g/mol. The molecule has 1 amide bonds. The third kappa shape index (κ3) is 4.65. The molecule has 0 atom stereocenters. The second kappa shape index (κ2) is 9.31. The highest BCUT2D eigenvalue weighted by Crippen LogP contribution is 2.18. The fraction of sp³-hybridized carbons (Fsp3) is 0.500. The van der Waals surface area contributed by atoms with Crippen LogP contribution in [-0.2, 0) is 0 Å². The molecule has 4 heterocycles. The highest BCUT2D eigenvalue weighted by atomic mass is 19.1. The van der Waals surface area contributed by atoms with Crippen molar-refractivity contribution in [2.24, 2.45) is 0 Å². The molecule has 0 bridgehead atoms. The van der Waals surface area contributed by atoms with Crippen molar-refractivity contribution in [3.8, 4) is 0 Å². The van der Waals surface area contributed by atoms with Crippen LogP contribution in [0.2, 0.25) is 0 Å². The van der Waals surface area contributed by atoms with Gasteiger partial charge in [0.05, 0.1) is 18.4 Å². The number of aliphatic hydroxyl groups excluding tert-OH is 1. The topological polar surface area (TPSA) is 88.9 Å². The third-order valence-corrected chi connectivity index (χ3v) is 5.59. The molecule has 0 unspecified atom stereocenters. The smallest absolute Gasteiger partial charge is 0.255 e. The first-order valence-corrected chi connectivity index (χ1v) is 10.2. The summed E-state index contributed by atoms with van der Waals surface area (Å²) in [6.07, 6.45) is 2.48. The van der Waals surface area contributed by atoms with Crippen molar-refractivity contribution < 1.29 is 14.3 Å². The lowest BCUT2D eigenvalue weighted by atomic mass is 10.2. The van der Waals surface area contributed by atoms with E-state index in [4.69, 9.17) is 5.11 Å². The van der Waals surface area contributed by atoms with Crippen LogP contribution in [0, 0.1) is 5.82 Å². The first-order valence-electron chi connectivity index (χ1n) is 10.2. The van der Waals surface area contributed by atoms with E-state index in [1.54, 1.807) is 4.90 Å². The van der Waals surface area contributed by atoms with Crippen molar-refractivity contribution >= 4 is 17.5 Å². The van der Waals surface area contributed by atoms with Gasteiger partial charge in [0.2, 0.25) is 0 Å². The lowest BCUT2D eigenvalue weighted by Gasteiger charge is -2.36. The Balaban J connectivity index is 1.30. The number of pyridine rings is 1. The summed E-state index contributed by atoms with van der Waals surface area (Å²) < 4.78 is 13.3. The summed E-state index contributed by atoms with van der Waals surface area (Å²) in [5.41, 5.74) is 0.270. The van der Waals surface area contributed by atoms with Gasteiger partial charge >= 0.3 is 0 Å². The molecular formula is C20H26FN7O2. The second-order valence-electron chi connectivity index (χ2n) is 7.47. The van der Waals surface area contributed by atoms with Gasteiger partial charge in [0.25, 0.3) is 5.91 Å². The van der Waals surface area contributed by atoms with E-state index < -0.39 is 5.82 Å². The molecule has 0 aromatic carbocycles. The third-order valence-electron chi connectivity index (χ3n) is 5.59. The van der Waals surface area contributed by atoms with E-state index in [-0.39, 0.29) is 18.1 Å². The standard InChI is InChI=1S/C20H26FN7O2/c21-17-13-16(14-22-15-17)20(30)28-9-7-27(8-10-28)19-2-1-18(23-24-19)26-5-3-25(4-6-26)11-12-29/h1-2,13-15,29H,3-12H2. The molecule has 2 aromatic rings. The second-order valence-corrected chi connectivity index (χ2v) is 7.47. The molecule has 1 N–H and O–H groups in total. The zero-order valence-electron chi connectivity index (χ0n) is 16.8. The van der Waals surface area contributed by atoms with E-state index in [1.165, 1.54) is 12.3 Å². The summed E-state index contributed by atoms with van der Waals surface area (Å²) in [7, 11) is 0. The van der Waals surface area contributed by atoms with Gasteiger partial charge in [-0.05, 0) is 18.2 Å². The first-order chi connectivity index (χ1) is 14.6. The van der Waals surface area contributed by atoms with Crippen LogP contribution >= 0.6 is 0 Å². The van der Waals surface area contributed by atoms with Gasteiger partial charge in [-0.2, -0.15) is 0 Å². The number of aliphatic hydroxyl groups is 1. The van der Waals surface area contributed by atoms with E-state index in [2.05, 4.69) is 29.9 Å². The number of carbonyl (C=O) groups is 1. The predicted molar refractivity (Wildman–Crippen MR) is 110 cm³/mol. The summed E-state index contributed by atoms with van der Waals surface area (Å²) in [5.74, 6) is 0.931. The monoisotopic (exact) mass is 415 g/mol. The molecule has 2 fully saturated rings. The van der Waals surface area contributed by atoms with Crippen molar-refractivity contribution in [3.05, 3.63) is 42.0 Å². The Morgan fingerprint density at radius 1 is 0.933 bits per heavy atom. The number of amides is 1. The average Bonchev–Trinajstić information content (AvgIpc) is 2.80. The molecule has 2 saturated heterocycles. The van der Waals surface area contributed by atoms with Crippen LogP contribution in [0.25, 0.3) is 0 Å². The Labute approximate surface area is 174 Å². The van der Waals surface area contributed by atoms with Crippen LogP contribution < -0.4 is 9.80 Å². The fourth-order valence-corrected chi connectivity index (χ4v) is 3.85. The number of rotatable bonds is 5. The summed E-state index contributed by atoms with van der Waals surface area (Å²) in [6, 6.07) is 5.17. The molecule has 2 aromatic heterocycles. The highest BCUT2D eigenvalue weighted by Gasteiger charge is 2.24. The van der Waals surface area contributed by atoms with E-state index in [9.17, 15) is 9.18 Å². The van der Waals surface area contributed by atoms with Gasteiger partial charge in [0.1, 0.15) is 5.82 Å². The molecule has 4 rings (SSSR count). The molecule has 2 aliphatic rings. The molecule has 10 heteroatoms. The Kier molecular flexibility index (Phi) is 6.34. The van der Waals surface area contributed by atoms with Crippen LogP contribution in [0.3, 0.4) is 0 Å². The summed E-state index contributed by atoms with van der Waals surface area (Å²) in [5, 5.41) is 17.8. The summed E-state index contributed by atoms with van der Waals surface area (Å²) in [4.78, 5) is 24.5. The Morgan fingerprint density at radius 2 is 1.53 bits per heavy atom. The predicted octanol–water partition coefficient (Wildman–Crippen LogP) is 0.0874. The van der Waals surface area contributed by atoms with E-state index in [0.717, 1.165) is 44.0 Å². The SMILES string of the molecule is O=C(c1cncc(F)c1)N1CCN(c2ccc(N3CCN(CCO)CC3)nn2)CC1. The number of aromatic nitrogens is 3. The zero-order valence-corrected chi connectivity index (χ0v) is 16.8. The number of halogens is 1. The van der Waals surface area contributed by atoms with Crippen molar-refractivity contribution in [2.45, 2.75) is 0 Å².